The smallest absolute Gasteiger partial charge is 0.355 e. The van der Waals surface area contributed by atoms with Crippen molar-refractivity contribution in [2.45, 2.75) is 13.1 Å². The molecule has 0 saturated carbocycles. The predicted molar refractivity (Wildman–Crippen MR) is 103 cm³/mol. The minimum atomic E-state index is -1.56. The van der Waals surface area contributed by atoms with Crippen LogP contribution in [0.4, 0.5) is 0 Å². The topological polar surface area (TPSA) is 149 Å². The molecule has 0 spiro atoms. The van der Waals surface area contributed by atoms with E-state index >= 15 is 0 Å². The van der Waals surface area contributed by atoms with E-state index in [9.17, 15) is 24.6 Å². The number of aromatic nitrogens is 2. The van der Waals surface area contributed by atoms with E-state index in [1.165, 1.54) is 12.1 Å². The molecule has 3 aromatic rings. The quantitative estimate of drug-likeness (QED) is 0.639. The van der Waals surface area contributed by atoms with Gasteiger partial charge in [-0.3, -0.25) is 9.13 Å². The highest BCUT2D eigenvalue weighted by Crippen LogP contribution is 2.15. The SMILES string of the molecule is N#Cc1cccc(Cn2c(C(=O)O)c(C(=O)O)n(Cc3cccc(C#N)c3)c2=O)c1. The number of carbonyl (C=O) groups is 2. The molecule has 30 heavy (non-hydrogen) atoms. The second-order valence-electron chi connectivity index (χ2n) is 6.39. The second-order valence-corrected chi connectivity index (χ2v) is 6.39. The summed E-state index contributed by atoms with van der Waals surface area (Å²) in [5.74, 6) is -3.13. The van der Waals surface area contributed by atoms with Crippen molar-refractivity contribution in [3.8, 4) is 12.1 Å². The van der Waals surface area contributed by atoms with Crippen molar-refractivity contribution in [1.82, 2.24) is 9.13 Å². The Bertz CT molecular complexity index is 1210. The lowest BCUT2D eigenvalue weighted by molar-refractivity contribution is 0.0637. The fourth-order valence-electron chi connectivity index (χ4n) is 3.16. The molecule has 2 aromatic carbocycles. The Morgan fingerprint density at radius 1 is 0.800 bits per heavy atom. The zero-order valence-electron chi connectivity index (χ0n) is 15.4. The summed E-state index contributed by atoms with van der Waals surface area (Å²) in [6, 6.07) is 16.4. The lowest BCUT2D eigenvalue weighted by Crippen LogP contribution is -2.27. The zero-order chi connectivity index (χ0) is 21.8. The van der Waals surface area contributed by atoms with E-state index in [1.54, 1.807) is 36.4 Å². The molecule has 3 rings (SSSR count). The van der Waals surface area contributed by atoms with E-state index in [0.29, 0.717) is 22.3 Å². The van der Waals surface area contributed by atoms with Gasteiger partial charge in [0.1, 0.15) is 0 Å². The standard InChI is InChI=1S/C21H14N4O5/c22-9-13-3-1-5-15(7-13)11-24-17(19(26)27)18(20(28)29)25(21(24)30)12-16-6-2-4-14(8-16)10-23/h1-8H,11-12H2,(H,26,27)(H,28,29). The Balaban J connectivity index is 2.18. The van der Waals surface area contributed by atoms with E-state index in [2.05, 4.69) is 0 Å². The van der Waals surface area contributed by atoms with Crippen molar-refractivity contribution in [3.05, 3.63) is 92.7 Å². The Labute approximate surface area is 169 Å². The van der Waals surface area contributed by atoms with Gasteiger partial charge < -0.3 is 10.2 Å². The van der Waals surface area contributed by atoms with Crippen LogP contribution in [0.5, 0.6) is 0 Å². The maximum atomic E-state index is 13.0. The summed E-state index contributed by atoms with van der Waals surface area (Å²) in [6.07, 6.45) is 0. The van der Waals surface area contributed by atoms with Gasteiger partial charge in [-0.25, -0.2) is 14.4 Å². The summed E-state index contributed by atoms with van der Waals surface area (Å²) in [7, 11) is 0. The molecule has 0 bridgehead atoms. The van der Waals surface area contributed by atoms with E-state index < -0.39 is 29.0 Å². The first kappa shape index (κ1) is 20.1. The minimum absolute atomic E-state index is 0.221. The third-order valence-electron chi connectivity index (χ3n) is 4.42. The first-order valence-electron chi connectivity index (χ1n) is 8.63. The number of carboxylic acids is 2. The molecule has 0 fully saturated rings. The molecular formula is C21H14N4O5. The number of hydrogen-bond acceptors (Lipinski definition) is 5. The third kappa shape index (κ3) is 3.81. The van der Waals surface area contributed by atoms with Crippen LogP contribution >= 0.6 is 0 Å². The van der Waals surface area contributed by atoms with Gasteiger partial charge in [0.15, 0.2) is 11.4 Å². The Morgan fingerprint density at radius 3 is 1.53 bits per heavy atom. The molecule has 148 valence electrons. The van der Waals surface area contributed by atoms with E-state index in [1.807, 2.05) is 12.1 Å². The molecule has 1 aromatic heterocycles. The molecule has 0 radical (unpaired) electrons. The van der Waals surface area contributed by atoms with Crippen LogP contribution in [0.25, 0.3) is 0 Å². The maximum absolute atomic E-state index is 13.0. The molecule has 0 atom stereocenters. The van der Waals surface area contributed by atoms with Crippen LogP contribution in [-0.4, -0.2) is 31.3 Å². The van der Waals surface area contributed by atoms with Crippen LogP contribution in [0.15, 0.2) is 53.3 Å². The number of aromatic carboxylic acids is 2. The van der Waals surface area contributed by atoms with Crippen LogP contribution in [0.1, 0.15) is 43.2 Å². The normalized spacial score (nSPS) is 10.2. The van der Waals surface area contributed by atoms with Gasteiger partial charge in [-0.2, -0.15) is 10.5 Å². The molecule has 1 heterocycles. The molecule has 9 nitrogen and oxygen atoms in total. The molecule has 0 aliphatic rings. The summed E-state index contributed by atoms with van der Waals surface area (Å²) < 4.78 is 1.72. The highest BCUT2D eigenvalue weighted by molar-refractivity contribution is 5.99. The first-order chi connectivity index (χ1) is 14.3. The van der Waals surface area contributed by atoms with Gasteiger partial charge >= 0.3 is 17.6 Å². The largest absolute Gasteiger partial charge is 0.476 e. The van der Waals surface area contributed by atoms with Crippen molar-refractivity contribution in [2.75, 3.05) is 0 Å². The molecule has 0 unspecified atom stereocenters. The summed E-state index contributed by atoms with van der Waals surface area (Å²) in [5.41, 5.74) is -0.558. The van der Waals surface area contributed by atoms with E-state index in [-0.39, 0.29) is 13.1 Å². The van der Waals surface area contributed by atoms with Gasteiger partial charge in [-0.1, -0.05) is 24.3 Å². The van der Waals surface area contributed by atoms with Crippen molar-refractivity contribution in [3.63, 3.8) is 0 Å². The van der Waals surface area contributed by atoms with Crippen molar-refractivity contribution in [2.24, 2.45) is 0 Å². The molecular weight excluding hydrogens is 388 g/mol. The predicted octanol–water partition coefficient (Wildman–Crippen LogP) is 1.89. The molecule has 0 aliphatic heterocycles. The fourth-order valence-corrected chi connectivity index (χ4v) is 3.16. The average Bonchev–Trinajstić information content (AvgIpc) is 3.00. The highest BCUT2D eigenvalue weighted by Gasteiger charge is 2.29. The number of nitriles is 2. The van der Waals surface area contributed by atoms with Crippen LogP contribution < -0.4 is 5.69 Å². The first-order valence-corrected chi connectivity index (χ1v) is 8.63. The summed E-state index contributed by atoms with van der Waals surface area (Å²) in [6.45, 7) is -0.441. The lowest BCUT2D eigenvalue weighted by atomic mass is 10.1. The van der Waals surface area contributed by atoms with Gasteiger partial charge in [-0.05, 0) is 35.4 Å². The van der Waals surface area contributed by atoms with E-state index in [4.69, 9.17) is 10.5 Å². The van der Waals surface area contributed by atoms with Gasteiger partial charge in [0.25, 0.3) is 0 Å². The summed E-state index contributed by atoms with van der Waals surface area (Å²) >= 11 is 0. The fraction of sp³-hybridized carbons (Fsp3) is 0.0952. The lowest BCUT2D eigenvalue weighted by Gasteiger charge is -2.05. The van der Waals surface area contributed by atoms with E-state index in [0.717, 1.165) is 9.13 Å². The number of imidazole rings is 1. The maximum Gasteiger partial charge on any atom is 0.355 e. The Hall–Kier alpha value is -4.63. The third-order valence-corrected chi connectivity index (χ3v) is 4.42. The Kier molecular flexibility index (Phi) is 5.48. The average molecular weight is 402 g/mol. The number of rotatable bonds is 6. The summed E-state index contributed by atoms with van der Waals surface area (Å²) in [4.78, 5) is 36.7. The molecule has 0 aliphatic carbocycles. The van der Waals surface area contributed by atoms with Crippen LogP contribution in [-0.2, 0) is 13.1 Å². The van der Waals surface area contributed by atoms with Gasteiger partial charge in [0.2, 0.25) is 0 Å². The van der Waals surface area contributed by atoms with Crippen LogP contribution in [0.2, 0.25) is 0 Å². The summed E-state index contributed by atoms with van der Waals surface area (Å²) in [5, 5.41) is 37.3. The van der Waals surface area contributed by atoms with Crippen molar-refractivity contribution >= 4 is 11.9 Å². The van der Waals surface area contributed by atoms with Gasteiger partial charge in [0, 0.05) is 0 Å². The molecule has 0 saturated heterocycles. The van der Waals surface area contributed by atoms with Gasteiger partial charge in [0.05, 0.1) is 36.4 Å². The van der Waals surface area contributed by atoms with Crippen LogP contribution in [0.3, 0.4) is 0 Å². The van der Waals surface area contributed by atoms with Crippen molar-refractivity contribution in [1.29, 1.82) is 10.5 Å². The number of benzene rings is 2. The minimum Gasteiger partial charge on any atom is -0.476 e. The number of nitrogens with zero attached hydrogens (tertiary/aromatic N) is 4. The number of carboxylic acid groups (broad SMARTS) is 2. The number of hydrogen-bond donors (Lipinski definition) is 2. The molecule has 0 amide bonds. The Morgan fingerprint density at radius 2 is 1.20 bits per heavy atom. The highest BCUT2D eigenvalue weighted by atomic mass is 16.4. The van der Waals surface area contributed by atoms with Crippen molar-refractivity contribution < 1.29 is 19.8 Å². The monoisotopic (exact) mass is 402 g/mol. The molecule has 2 N–H and O–H groups in total. The van der Waals surface area contributed by atoms with Gasteiger partial charge in [-0.15, -0.1) is 0 Å². The zero-order valence-corrected chi connectivity index (χ0v) is 15.4. The molecule has 9 heteroatoms. The second kappa shape index (κ2) is 8.17. The van der Waals surface area contributed by atoms with Crippen LogP contribution in [0, 0.1) is 22.7 Å².